The highest BCUT2D eigenvalue weighted by Crippen LogP contribution is 2.16. The van der Waals surface area contributed by atoms with Crippen molar-refractivity contribution in [1.82, 2.24) is 0 Å². The molecule has 0 aromatic heterocycles. The fourth-order valence-corrected chi connectivity index (χ4v) is 1.81. The molecule has 14 heavy (non-hydrogen) atoms. The first-order valence-corrected chi connectivity index (χ1v) is 6.42. The standard InChI is InChI=1S/C14H28/c1-4-6-8-10-12-14(3)13-11-9-7-5-2/h4,6,14H,5,7-13H2,1-3H3. The molecule has 1 unspecified atom stereocenters. The van der Waals surface area contributed by atoms with Gasteiger partial charge in [-0.2, -0.15) is 0 Å². The molecule has 0 heterocycles. The van der Waals surface area contributed by atoms with Gasteiger partial charge in [0, 0.05) is 0 Å². The van der Waals surface area contributed by atoms with Crippen LogP contribution in [-0.4, -0.2) is 0 Å². The molecular formula is C14H28. The Morgan fingerprint density at radius 3 is 2.36 bits per heavy atom. The van der Waals surface area contributed by atoms with Gasteiger partial charge in [0.15, 0.2) is 0 Å². The number of unbranched alkanes of at least 4 members (excludes halogenated alkanes) is 4. The highest BCUT2D eigenvalue weighted by Gasteiger charge is 2.00. The molecule has 0 heteroatoms. The molecule has 0 aliphatic rings. The van der Waals surface area contributed by atoms with Crippen LogP contribution in [0.4, 0.5) is 0 Å². The van der Waals surface area contributed by atoms with Crippen LogP contribution in [-0.2, 0) is 0 Å². The van der Waals surface area contributed by atoms with Gasteiger partial charge in [0.05, 0.1) is 0 Å². The molecule has 0 saturated carbocycles. The summed E-state index contributed by atoms with van der Waals surface area (Å²) in [4.78, 5) is 0. The van der Waals surface area contributed by atoms with Crippen LogP contribution >= 0.6 is 0 Å². The maximum absolute atomic E-state index is 2.40. The molecule has 0 amide bonds. The van der Waals surface area contributed by atoms with Crippen molar-refractivity contribution in [2.45, 2.75) is 72.1 Å². The van der Waals surface area contributed by atoms with Crippen LogP contribution in [0.15, 0.2) is 12.2 Å². The Labute approximate surface area is 90.8 Å². The monoisotopic (exact) mass is 196 g/mol. The van der Waals surface area contributed by atoms with Crippen LogP contribution in [0.1, 0.15) is 72.1 Å². The smallest absolute Gasteiger partial charge is 0.0351 e. The molecule has 1 atom stereocenters. The Balaban J connectivity index is 3.15. The number of rotatable bonds is 9. The van der Waals surface area contributed by atoms with E-state index in [0.29, 0.717) is 0 Å². The van der Waals surface area contributed by atoms with Crippen LogP contribution in [0.5, 0.6) is 0 Å². The zero-order valence-electron chi connectivity index (χ0n) is 10.4. The summed E-state index contributed by atoms with van der Waals surface area (Å²) < 4.78 is 0. The Bertz CT molecular complexity index is 124. The predicted octanol–water partition coefficient (Wildman–Crippen LogP) is 5.34. The van der Waals surface area contributed by atoms with Crippen molar-refractivity contribution < 1.29 is 0 Å². The van der Waals surface area contributed by atoms with Gasteiger partial charge >= 0.3 is 0 Å². The first-order valence-electron chi connectivity index (χ1n) is 6.42. The summed E-state index contributed by atoms with van der Waals surface area (Å²) >= 11 is 0. The normalized spacial score (nSPS) is 13.6. The van der Waals surface area contributed by atoms with Crippen molar-refractivity contribution >= 4 is 0 Å². The molecule has 0 aliphatic carbocycles. The highest BCUT2D eigenvalue weighted by molar-refractivity contribution is 4.76. The lowest BCUT2D eigenvalue weighted by Crippen LogP contribution is -1.94. The largest absolute Gasteiger partial charge is 0.0917 e. The summed E-state index contributed by atoms with van der Waals surface area (Å²) in [6.07, 6.45) is 15.6. The molecule has 0 saturated heterocycles. The third kappa shape index (κ3) is 9.83. The minimum Gasteiger partial charge on any atom is -0.0917 e. The second kappa shape index (κ2) is 10.8. The molecule has 0 spiro atoms. The van der Waals surface area contributed by atoms with Gasteiger partial charge in [-0.05, 0) is 25.7 Å². The summed E-state index contributed by atoms with van der Waals surface area (Å²) in [6.45, 7) is 6.79. The quantitative estimate of drug-likeness (QED) is 0.345. The fourth-order valence-electron chi connectivity index (χ4n) is 1.81. The van der Waals surface area contributed by atoms with Gasteiger partial charge in [-0.15, -0.1) is 0 Å². The van der Waals surface area contributed by atoms with Crippen molar-refractivity contribution in [2.24, 2.45) is 5.92 Å². The summed E-state index contributed by atoms with van der Waals surface area (Å²) in [5.41, 5.74) is 0. The van der Waals surface area contributed by atoms with E-state index >= 15 is 0 Å². The summed E-state index contributed by atoms with van der Waals surface area (Å²) in [5.74, 6) is 0.942. The number of hydrogen-bond acceptors (Lipinski definition) is 0. The first kappa shape index (κ1) is 13.7. The predicted molar refractivity (Wildman–Crippen MR) is 66.6 cm³/mol. The molecule has 0 aliphatic heterocycles. The summed E-state index contributed by atoms with van der Waals surface area (Å²) in [7, 11) is 0. The Morgan fingerprint density at radius 1 is 1.00 bits per heavy atom. The maximum atomic E-state index is 2.40. The average molecular weight is 196 g/mol. The van der Waals surface area contributed by atoms with Crippen LogP contribution in [0, 0.1) is 5.92 Å². The van der Waals surface area contributed by atoms with Gasteiger partial charge in [-0.3, -0.25) is 0 Å². The highest BCUT2D eigenvalue weighted by atomic mass is 14.1. The van der Waals surface area contributed by atoms with Gasteiger partial charge in [-0.25, -0.2) is 0 Å². The van der Waals surface area contributed by atoms with Crippen LogP contribution < -0.4 is 0 Å². The molecular weight excluding hydrogens is 168 g/mol. The lowest BCUT2D eigenvalue weighted by molar-refractivity contribution is 0.448. The van der Waals surface area contributed by atoms with E-state index in [0.717, 1.165) is 5.92 Å². The molecule has 0 radical (unpaired) electrons. The molecule has 0 bridgehead atoms. The lowest BCUT2D eigenvalue weighted by atomic mass is 9.97. The van der Waals surface area contributed by atoms with E-state index in [2.05, 4.69) is 32.9 Å². The van der Waals surface area contributed by atoms with Gasteiger partial charge in [-0.1, -0.05) is 64.5 Å². The van der Waals surface area contributed by atoms with Gasteiger partial charge in [0.25, 0.3) is 0 Å². The van der Waals surface area contributed by atoms with E-state index in [1.54, 1.807) is 0 Å². The topological polar surface area (TPSA) is 0 Å². The molecule has 0 rings (SSSR count). The van der Waals surface area contributed by atoms with Crippen molar-refractivity contribution in [3.8, 4) is 0 Å². The first-order chi connectivity index (χ1) is 6.81. The SMILES string of the molecule is CC=CCCCC(C)CCCCCC. The van der Waals surface area contributed by atoms with Crippen LogP contribution in [0.3, 0.4) is 0 Å². The summed E-state index contributed by atoms with van der Waals surface area (Å²) in [6, 6.07) is 0. The van der Waals surface area contributed by atoms with Crippen molar-refractivity contribution in [3.63, 3.8) is 0 Å². The molecule has 0 fully saturated rings. The molecule has 0 N–H and O–H groups in total. The van der Waals surface area contributed by atoms with Gasteiger partial charge in [0.2, 0.25) is 0 Å². The van der Waals surface area contributed by atoms with E-state index in [4.69, 9.17) is 0 Å². The average Bonchev–Trinajstić information content (AvgIpc) is 2.19. The van der Waals surface area contributed by atoms with E-state index in [1.165, 1.54) is 51.4 Å². The van der Waals surface area contributed by atoms with Gasteiger partial charge in [0.1, 0.15) is 0 Å². The second-order valence-corrected chi connectivity index (χ2v) is 4.45. The molecule has 84 valence electrons. The Hall–Kier alpha value is -0.260. The van der Waals surface area contributed by atoms with Crippen LogP contribution in [0.25, 0.3) is 0 Å². The van der Waals surface area contributed by atoms with Crippen molar-refractivity contribution in [2.75, 3.05) is 0 Å². The van der Waals surface area contributed by atoms with Gasteiger partial charge < -0.3 is 0 Å². The van der Waals surface area contributed by atoms with E-state index in [9.17, 15) is 0 Å². The second-order valence-electron chi connectivity index (χ2n) is 4.45. The molecule has 0 aromatic carbocycles. The fraction of sp³-hybridized carbons (Fsp3) is 0.857. The third-order valence-electron chi connectivity index (χ3n) is 2.85. The zero-order valence-corrected chi connectivity index (χ0v) is 10.4. The van der Waals surface area contributed by atoms with E-state index < -0.39 is 0 Å². The molecule has 0 nitrogen and oxygen atoms in total. The van der Waals surface area contributed by atoms with Crippen molar-refractivity contribution in [3.05, 3.63) is 12.2 Å². The van der Waals surface area contributed by atoms with E-state index in [-0.39, 0.29) is 0 Å². The third-order valence-corrected chi connectivity index (χ3v) is 2.85. The van der Waals surface area contributed by atoms with Crippen LogP contribution in [0.2, 0.25) is 0 Å². The summed E-state index contributed by atoms with van der Waals surface area (Å²) in [5, 5.41) is 0. The zero-order chi connectivity index (χ0) is 10.6. The minimum absolute atomic E-state index is 0.942. The lowest BCUT2D eigenvalue weighted by Gasteiger charge is -2.09. The minimum atomic E-state index is 0.942. The Kier molecular flexibility index (Phi) is 10.6. The number of hydrogen-bond donors (Lipinski definition) is 0. The number of allylic oxidation sites excluding steroid dienone is 2. The maximum Gasteiger partial charge on any atom is -0.0351 e. The molecule has 0 aromatic rings. The van der Waals surface area contributed by atoms with Crippen molar-refractivity contribution in [1.29, 1.82) is 0 Å². The Morgan fingerprint density at radius 2 is 1.71 bits per heavy atom. The van der Waals surface area contributed by atoms with E-state index in [1.807, 2.05) is 0 Å².